The molecule has 0 aliphatic heterocycles. The van der Waals surface area contributed by atoms with E-state index in [1.807, 2.05) is 23.8 Å². The summed E-state index contributed by atoms with van der Waals surface area (Å²) in [5.74, 6) is 2.91. The zero-order valence-corrected chi connectivity index (χ0v) is 13.1. The molecule has 0 N–H and O–H groups in total. The molecule has 0 aromatic carbocycles. The molecule has 0 spiro atoms. The van der Waals surface area contributed by atoms with Crippen LogP contribution in [0.2, 0.25) is 0 Å². The Kier molecular flexibility index (Phi) is 4.44. The van der Waals surface area contributed by atoms with Gasteiger partial charge in [0.25, 0.3) is 5.22 Å². The molecule has 0 saturated heterocycles. The zero-order valence-electron chi connectivity index (χ0n) is 10.6. The monoisotopic (exact) mass is 325 g/mol. The van der Waals surface area contributed by atoms with Crippen molar-refractivity contribution in [2.24, 2.45) is 0 Å². The maximum atomic E-state index is 5.50. The number of rotatable bonds is 6. The fourth-order valence-electron chi connectivity index (χ4n) is 1.50. The van der Waals surface area contributed by atoms with Gasteiger partial charge in [0.1, 0.15) is 0 Å². The number of aromatic nitrogens is 3. The number of hydrogen-bond donors (Lipinski definition) is 0. The van der Waals surface area contributed by atoms with E-state index in [0.717, 1.165) is 22.2 Å². The Bertz CT molecular complexity index is 663. The summed E-state index contributed by atoms with van der Waals surface area (Å²) in [7, 11) is 0. The Balaban J connectivity index is 1.60. The Morgan fingerprint density at radius 1 is 1.30 bits per heavy atom. The van der Waals surface area contributed by atoms with E-state index in [1.165, 1.54) is 11.8 Å². The highest BCUT2D eigenvalue weighted by molar-refractivity contribution is 7.98. The first-order chi connectivity index (χ1) is 9.85. The van der Waals surface area contributed by atoms with Crippen molar-refractivity contribution in [2.75, 3.05) is 6.26 Å². The average Bonchev–Trinajstić information content (AvgIpc) is 3.18. The van der Waals surface area contributed by atoms with Gasteiger partial charge in [-0.2, -0.15) is 11.8 Å². The molecule has 0 fully saturated rings. The molecule has 0 saturated carbocycles. The molecule has 5 nitrogen and oxygen atoms in total. The molecule has 3 rings (SSSR count). The minimum atomic E-state index is 0.585. The van der Waals surface area contributed by atoms with Gasteiger partial charge in [-0.05, 0) is 18.4 Å². The largest absolute Gasteiger partial charge is 0.462 e. The van der Waals surface area contributed by atoms with Crippen LogP contribution in [0.25, 0.3) is 10.8 Å². The second kappa shape index (κ2) is 6.47. The molecule has 20 heavy (non-hydrogen) atoms. The lowest BCUT2D eigenvalue weighted by molar-refractivity contribution is 0.426. The van der Waals surface area contributed by atoms with E-state index < -0.39 is 0 Å². The Morgan fingerprint density at radius 2 is 2.25 bits per heavy atom. The molecule has 0 unspecified atom stereocenters. The van der Waals surface area contributed by atoms with Crippen LogP contribution in [0.15, 0.2) is 37.8 Å². The molecule has 0 amide bonds. The van der Waals surface area contributed by atoms with E-state index in [2.05, 4.69) is 15.2 Å². The summed E-state index contributed by atoms with van der Waals surface area (Å²) in [6.07, 6.45) is 3.65. The van der Waals surface area contributed by atoms with Crippen molar-refractivity contribution < 1.29 is 8.83 Å². The Hall–Kier alpha value is -1.25. The van der Waals surface area contributed by atoms with Crippen molar-refractivity contribution in [1.29, 1.82) is 0 Å². The predicted molar refractivity (Wildman–Crippen MR) is 80.9 cm³/mol. The van der Waals surface area contributed by atoms with Gasteiger partial charge in [-0.15, -0.1) is 21.5 Å². The third kappa shape index (κ3) is 3.25. The van der Waals surface area contributed by atoms with E-state index in [0.29, 0.717) is 16.9 Å². The molecular weight excluding hydrogens is 314 g/mol. The van der Waals surface area contributed by atoms with Gasteiger partial charge in [-0.3, -0.25) is 0 Å². The van der Waals surface area contributed by atoms with Crippen molar-refractivity contribution in [3.05, 3.63) is 35.4 Å². The fraction of sp³-hybridized carbons (Fsp3) is 0.250. The van der Waals surface area contributed by atoms with Gasteiger partial charge >= 0.3 is 0 Å². The van der Waals surface area contributed by atoms with E-state index in [1.54, 1.807) is 29.4 Å². The van der Waals surface area contributed by atoms with Crippen LogP contribution in [0.1, 0.15) is 11.6 Å². The van der Waals surface area contributed by atoms with Gasteiger partial charge in [-0.25, -0.2) is 4.98 Å². The van der Waals surface area contributed by atoms with Gasteiger partial charge in [0.15, 0.2) is 10.8 Å². The van der Waals surface area contributed by atoms with Crippen molar-refractivity contribution in [2.45, 2.75) is 16.7 Å². The summed E-state index contributed by atoms with van der Waals surface area (Å²) in [6, 6.07) is 3.76. The number of thioether (sulfide) groups is 2. The topological polar surface area (TPSA) is 65.0 Å². The number of furan rings is 1. The van der Waals surface area contributed by atoms with Crippen LogP contribution in [-0.4, -0.2) is 21.4 Å². The maximum Gasteiger partial charge on any atom is 0.276 e. The van der Waals surface area contributed by atoms with Gasteiger partial charge in [0, 0.05) is 11.1 Å². The van der Waals surface area contributed by atoms with Crippen LogP contribution in [0.4, 0.5) is 0 Å². The van der Waals surface area contributed by atoms with E-state index in [9.17, 15) is 0 Å². The van der Waals surface area contributed by atoms with Gasteiger partial charge < -0.3 is 8.83 Å². The Labute approximate surface area is 128 Å². The fourth-order valence-corrected chi connectivity index (χ4v) is 3.43. The highest BCUT2D eigenvalue weighted by Crippen LogP contribution is 2.27. The molecule has 0 radical (unpaired) electrons. The first kappa shape index (κ1) is 13.7. The number of thiazole rings is 1. The van der Waals surface area contributed by atoms with Crippen LogP contribution in [0.3, 0.4) is 0 Å². The van der Waals surface area contributed by atoms with Gasteiger partial charge in [0.05, 0.1) is 17.7 Å². The van der Waals surface area contributed by atoms with Gasteiger partial charge in [0.2, 0.25) is 5.89 Å². The number of hydrogen-bond acceptors (Lipinski definition) is 8. The minimum absolute atomic E-state index is 0.585. The van der Waals surface area contributed by atoms with Crippen LogP contribution >= 0.6 is 34.9 Å². The van der Waals surface area contributed by atoms with E-state index in [-0.39, 0.29) is 0 Å². The summed E-state index contributed by atoms with van der Waals surface area (Å²) in [5.41, 5.74) is 0.982. The van der Waals surface area contributed by atoms with Crippen molar-refractivity contribution in [1.82, 2.24) is 15.2 Å². The smallest absolute Gasteiger partial charge is 0.276 e. The SMILES string of the molecule is CSCc1nnc(SCc2csc(-c3ccco3)n2)o1. The highest BCUT2D eigenvalue weighted by Gasteiger charge is 2.10. The van der Waals surface area contributed by atoms with Crippen LogP contribution < -0.4 is 0 Å². The average molecular weight is 325 g/mol. The maximum absolute atomic E-state index is 5.50. The Morgan fingerprint density at radius 3 is 3.05 bits per heavy atom. The molecule has 0 aliphatic rings. The van der Waals surface area contributed by atoms with Gasteiger partial charge in [-0.1, -0.05) is 11.8 Å². The second-order valence-corrected chi connectivity index (χ2v) is 6.46. The van der Waals surface area contributed by atoms with Crippen molar-refractivity contribution >= 4 is 34.9 Å². The molecule has 3 heterocycles. The van der Waals surface area contributed by atoms with Crippen LogP contribution in [0, 0.1) is 0 Å². The molecule has 104 valence electrons. The number of nitrogens with zero attached hydrogens (tertiary/aromatic N) is 3. The van der Waals surface area contributed by atoms with E-state index in [4.69, 9.17) is 8.83 Å². The third-order valence-corrected chi connectivity index (χ3v) is 4.64. The predicted octanol–water partition coefficient (Wildman–Crippen LogP) is 3.94. The lowest BCUT2D eigenvalue weighted by Gasteiger charge is -1.92. The second-order valence-electron chi connectivity index (χ2n) is 3.80. The molecule has 0 bridgehead atoms. The van der Waals surface area contributed by atoms with Crippen molar-refractivity contribution in [3.63, 3.8) is 0 Å². The first-order valence-electron chi connectivity index (χ1n) is 5.77. The quantitative estimate of drug-likeness (QED) is 0.636. The molecule has 3 aromatic rings. The summed E-state index contributed by atoms with van der Waals surface area (Å²) in [4.78, 5) is 4.52. The summed E-state index contributed by atoms with van der Waals surface area (Å²) in [6.45, 7) is 0. The molecule has 3 aromatic heterocycles. The summed E-state index contributed by atoms with van der Waals surface area (Å²) in [5, 5.41) is 11.5. The third-order valence-electron chi connectivity index (χ3n) is 2.34. The first-order valence-corrected chi connectivity index (χ1v) is 9.03. The lowest BCUT2D eigenvalue weighted by atomic mass is 10.5. The van der Waals surface area contributed by atoms with E-state index >= 15 is 0 Å². The minimum Gasteiger partial charge on any atom is -0.462 e. The summed E-state index contributed by atoms with van der Waals surface area (Å²) < 4.78 is 10.8. The lowest BCUT2D eigenvalue weighted by Crippen LogP contribution is -1.81. The zero-order chi connectivity index (χ0) is 13.8. The standard InChI is InChI=1S/C12H11N3O2S3/c1-18-7-10-14-15-12(17-10)20-6-8-5-19-11(13-8)9-3-2-4-16-9/h2-5H,6-7H2,1H3. The van der Waals surface area contributed by atoms with Crippen molar-refractivity contribution in [3.8, 4) is 10.8 Å². The normalized spacial score (nSPS) is 11.1. The molecule has 0 atom stereocenters. The molecule has 8 heteroatoms. The highest BCUT2D eigenvalue weighted by atomic mass is 32.2. The molecular formula is C12H11N3O2S3. The summed E-state index contributed by atoms with van der Waals surface area (Å²) >= 11 is 4.72. The van der Waals surface area contributed by atoms with Crippen LogP contribution in [-0.2, 0) is 11.5 Å². The molecule has 0 aliphatic carbocycles. The van der Waals surface area contributed by atoms with Crippen LogP contribution in [0.5, 0.6) is 0 Å².